The molecule has 2 heterocycles. The summed E-state index contributed by atoms with van der Waals surface area (Å²) >= 11 is 6.64. The molecule has 0 aliphatic carbocycles. The van der Waals surface area contributed by atoms with Crippen molar-refractivity contribution >= 4 is 39.1 Å². The molecule has 47 heavy (non-hydrogen) atoms. The summed E-state index contributed by atoms with van der Waals surface area (Å²) in [6.45, 7) is 2.06. The number of ether oxygens (including phenoxy) is 3. The Morgan fingerprint density at radius 3 is 2.34 bits per heavy atom. The summed E-state index contributed by atoms with van der Waals surface area (Å²) in [5.41, 5.74) is 0.0221. The van der Waals surface area contributed by atoms with Crippen LogP contribution in [-0.4, -0.2) is 103 Å². The Balaban J connectivity index is 1.81. The second kappa shape index (κ2) is 13.8. The molecule has 2 atom stereocenters. The lowest BCUT2D eigenvalue weighted by molar-refractivity contribution is -0.138. The van der Waals surface area contributed by atoms with Crippen LogP contribution in [0.15, 0.2) is 65.6 Å². The first-order valence-corrected chi connectivity index (χ1v) is 17.1. The molecular weight excluding hydrogens is 644 g/mol. The van der Waals surface area contributed by atoms with Gasteiger partial charge in [0, 0.05) is 57.0 Å². The molecule has 2 amide bonds. The SMILES string of the molecule is COCCN(C)Cc1ccc(OC)c([C@]2(N3CCCC3C(=O)N(C)C)C(=O)N(S(=O)(=O)c3ccc(OC)cc3)c3ccc(Cl)cc32)c1. The third kappa shape index (κ3) is 6.09. The summed E-state index contributed by atoms with van der Waals surface area (Å²) in [5.74, 6) is -0.0899. The first-order valence-electron chi connectivity index (χ1n) is 15.3. The molecule has 11 nitrogen and oxygen atoms in total. The van der Waals surface area contributed by atoms with Crippen LogP contribution in [0, 0.1) is 0 Å². The number of rotatable bonds is 12. The number of halogens is 1. The van der Waals surface area contributed by atoms with E-state index in [4.69, 9.17) is 25.8 Å². The van der Waals surface area contributed by atoms with Crippen LogP contribution in [0.4, 0.5) is 5.69 Å². The van der Waals surface area contributed by atoms with Gasteiger partial charge in [0.1, 0.15) is 11.5 Å². The fourth-order valence-corrected chi connectivity index (χ4v) is 8.26. The van der Waals surface area contributed by atoms with Gasteiger partial charge in [0.2, 0.25) is 5.91 Å². The van der Waals surface area contributed by atoms with E-state index in [1.54, 1.807) is 45.5 Å². The van der Waals surface area contributed by atoms with E-state index >= 15 is 4.79 Å². The van der Waals surface area contributed by atoms with E-state index in [0.717, 1.165) is 9.87 Å². The predicted octanol–water partition coefficient (Wildman–Crippen LogP) is 3.97. The summed E-state index contributed by atoms with van der Waals surface area (Å²) in [7, 11) is 5.48. The zero-order chi connectivity index (χ0) is 34.1. The highest BCUT2D eigenvalue weighted by atomic mass is 35.5. The molecule has 3 aromatic rings. The molecule has 2 aliphatic rings. The van der Waals surface area contributed by atoms with Crippen molar-refractivity contribution in [2.45, 2.75) is 35.9 Å². The number of likely N-dealkylation sites (N-methyl/N-ethyl adjacent to an activating group) is 2. The van der Waals surface area contributed by atoms with Crippen molar-refractivity contribution in [1.82, 2.24) is 14.7 Å². The van der Waals surface area contributed by atoms with Crippen molar-refractivity contribution in [2.24, 2.45) is 0 Å². The number of methoxy groups -OCH3 is 3. The van der Waals surface area contributed by atoms with Crippen molar-refractivity contribution in [1.29, 1.82) is 0 Å². The molecule has 13 heteroatoms. The summed E-state index contributed by atoms with van der Waals surface area (Å²) in [4.78, 5) is 34.5. The van der Waals surface area contributed by atoms with E-state index in [1.807, 2.05) is 24.1 Å². The molecule has 1 fully saturated rings. The molecular formula is C34H41ClN4O7S. The van der Waals surface area contributed by atoms with Crippen molar-refractivity contribution < 1.29 is 32.2 Å². The number of anilines is 1. The maximum absolute atomic E-state index is 15.4. The third-order valence-corrected chi connectivity index (χ3v) is 10.8. The van der Waals surface area contributed by atoms with E-state index in [0.29, 0.717) is 66.7 Å². The minimum Gasteiger partial charge on any atom is -0.497 e. The van der Waals surface area contributed by atoms with E-state index < -0.39 is 27.5 Å². The summed E-state index contributed by atoms with van der Waals surface area (Å²) in [5, 5.41) is 0.314. The van der Waals surface area contributed by atoms with Gasteiger partial charge in [-0.1, -0.05) is 17.7 Å². The number of hydrogen-bond donors (Lipinski definition) is 0. The van der Waals surface area contributed by atoms with Gasteiger partial charge in [-0.25, -0.2) is 12.7 Å². The third-order valence-electron chi connectivity index (χ3n) is 8.85. The summed E-state index contributed by atoms with van der Waals surface area (Å²) in [6.07, 6.45) is 1.09. The topological polar surface area (TPSA) is 109 Å². The Hall–Kier alpha value is -3.68. The maximum Gasteiger partial charge on any atom is 0.271 e. The zero-order valence-electron chi connectivity index (χ0n) is 27.5. The van der Waals surface area contributed by atoms with Crippen LogP contribution in [0.25, 0.3) is 0 Å². The highest BCUT2D eigenvalue weighted by Crippen LogP contribution is 2.55. The number of sulfonamides is 1. The summed E-state index contributed by atoms with van der Waals surface area (Å²) < 4.78 is 46.3. The molecule has 5 rings (SSSR count). The van der Waals surface area contributed by atoms with Gasteiger partial charge in [0.25, 0.3) is 15.9 Å². The molecule has 0 spiro atoms. The van der Waals surface area contributed by atoms with Gasteiger partial charge in [-0.2, -0.15) is 0 Å². The zero-order valence-corrected chi connectivity index (χ0v) is 29.1. The molecule has 3 aromatic carbocycles. The highest BCUT2D eigenvalue weighted by molar-refractivity contribution is 7.93. The number of nitrogens with zero attached hydrogens (tertiary/aromatic N) is 4. The lowest BCUT2D eigenvalue weighted by atomic mass is 9.80. The average Bonchev–Trinajstić information content (AvgIpc) is 3.64. The minimum atomic E-state index is -4.46. The quantitative estimate of drug-likeness (QED) is 0.280. The van der Waals surface area contributed by atoms with Gasteiger partial charge in [0.05, 0.1) is 37.5 Å². The molecule has 252 valence electrons. The van der Waals surface area contributed by atoms with Crippen LogP contribution < -0.4 is 13.8 Å². The number of carbonyl (C=O) groups excluding carboxylic acids is 2. The number of hydrogen-bond acceptors (Lipinski definition) is 9. The van der Waals surface area contributed by atoms with Gasteiger partial charge in [-0.15, -0.1) is 0 Å². The maximum atomic E-state index is 15.4. The number of benzene rings is 3. The predicted molar refractivity (Wildman–Crippen MR) is 180 cm³/mol. The van der Waals surface area contributed by atoms with Crippen molar-refractivity contribution in [2.75, 3.05) is 66.5 Å². The monoisotopic (exact) mass is 684 g/mol. The van der Waals surface area contributed by atoms with Crippen molar-refractivity contribution in [3.05, 3.63) is 82.4 Å². The van der Waals surface area contributed by atoms with E-state index in [2.05, 4.69) is 4.90 Å². The molecule has 1 unspecified atom stereocenters. The number of fused-ring (bicyclic) bond motifs is 1. The molecule has 1 saturated heterocycles. The van der Waals surface area contributed by atoms with E-state index in [1.165, 1.54) is 43.4 Å². The van der Waals surface area contributed by atoms with Gasteiger partial charge in [-0.3, -0.25) is 19.4 Å². The van der Waals surface area contributed by atoms with E-state index in [9.17, 15) is 13.2 Å². The van der Waals surface area contributed by atoms with Gasteiger partial charge < -0.3 is 19.1 Å². The second-order valence-electron chi connectivity index (χ2n) is 12.0. The molecule has 0 aromatic heterocycles. The second-order valence-corrected chi connectivity index (χ2v) is 14.2. The van der Waals surface area contributed by atoms with Crippen LogP contribution in [0.3, 0.4) is 0 Å². The first kappa shape index (κ1) is 34.6. The number of amides is 2. The van der Waals surface area contributed by atoms with E-state index in [-0.39, 0.29) is 16.5 Å². The Morgan fingerprint density at radius 2 is 1.70 bits per heavy atom. The first-order chi connectivity index (χ1) is 22.4. The largest absolute Gasteiger partial charge is 0.497 e. The molecule has 0 bridgehead atoms. The lowest BCUT2D eigenvalue weighted by Gasteiger charge is -2.42. The lowest BCUT2D eigenvalue weighted by Crippen LogP contribution is -2.59. The van der Waals surface area contributed by atoms with Crippen LogP contribution in [0.2, 0.25) is 5.02 Å². The fraction of sp³-hybridized carbons (Fsp3) is 0.412. The van der Waals surface area contributed by atoms with Gasteiger partial charge >= 0.3 is 0 Å². The van der Waals surface area contributed by atoms with Gasteiger partial charge in [0.15, 0.2) is 5.54 Å². The standard InChI is InChI=1S/C34H41ClN4O7S/c1-36(2)32(40)30-8-7-17-38(30)34(28-20-23(9-16-31(28)46-6)22-37(3)18-19-44-4)27-21-24(35)10-15-29(27)39(33(34)41)47(42,43)26-13-11-25(45-5)12-14-26/h9-16,20-21,30H,7-8,17-19,22H2,1-6H3/t30?,34-/m0/s1. The van der Waals surface area contributed by atoms with Crippen molar-refractivity contribution in [3.63, 3.8) is 0 Å². The smallest absolute Gasteiger partial charge is 0.271 e. The highest BCUT2D eigenvalue weighted by Gasteiger charge is 2.63. The Morgan fingerprint density at radius 1 is 0.979 bits per heavy atom. The van der Waals surface area contributed by atoms with Gasteiger partial charge in [-0.05, 0) is 80.1 Å². The van der Waals surface area contributed by atoms with Crippen LogP contribution in [0.5, 0.6) is 11.5 Å². The number of carbonyl (C=O) groups is 2. The molecule has 2 aliphatic heterocycles. The molecule has 0 saturated carbocycles. The fourth-order valence-electron chi connectivity index (χ4n) is 6.63. The number of likely N-dealkylation sites (tertiary alicyclic amines) is 1. The Kier molecular flexibility index (Phi) is 10.2. The Labute approximate surface area is 281 Å². The molecule has 0 radical (unpaired) electrons. The average molecular weight is 685 g/mol. The normalized spacial score (nSPS) is 19.7. The van der Waals surface area contributed by atoms with Crippen LogP contribution >= 0.6 is 11.6 Å². The minimum absolute atomic E-state index is 0.0915. The van der Waals surface area contributed by atoms with Crippen LogP contribution in [0.1, 0.15) is 29.5 Å². The van der Waals surface area contributed by atoms with Crippen molar-refractivity contribution in [3.8, 4) is 11.5 Å². The Bertz CT molecular complexity index is 1750. The van der Waals surface area contributed by atoms with Crippen LogP contribution in [-0.2, 0) is 36.4 Å². The molecule has 0 N–H and O–H groups in total. The summed E-state index contributed by atoms with van der Waals surface area (Å²) in [6, 6.07) is 15.5.